The van der Waals surface area contributed by atoms with Crippen LogP contribution in [0.4, 0.5) is 5.82 Å². The van der Waals surface area contributed by atoms with E-state index in [2.05, 4.69) is 54.4 Å². The van der Waals surface area contributed by atoms with Gasteiger partial charge in [-0.25, -0.2) is 15.0 Å². The van der Waals surface area contributed by atoms with Gasteiger partial charge in [0, 0.05) is 48.7 Å². The third-order valence-corrected chi connectivity index (χ3v) is 5.90. The second-order valence-electron chi connectivity index (χ2n) is 6.85. The lowest BCUT2D eigenvalue weighted by atomic mass is 10.2. The summed E-state index contributed by atoms with van der Waals surface area (Å²) >= 11 is 1.74. The number of thiazole rings is 1. The fourth-order valence-electron chi connectivity index (χ4n) is 3.58. The Bertz CT molecular complexity index is 1070. The minimum atomic E-state index is 0.895. The first-order chi connectivity index (χ1) is 13.9. The smallest absolute Gasteiger partial charge is 0.140 e. The van der Waals surface area contributed by atoms with Crippen molar-refractivity contribution >= 4 is 28.1 Å². The van der Waals surface area contributed by atoms with E-state index in [1.807, 2.05) is 12.1 Å². The molecule has 0 radical (unpaired) electrons. The van der Waals surface area contributed by atoms with Crippen molar-refractivity contribution in [2.45, 2.75) is 6.54 Å². The van der Waals surface area contributed by atoms with Crippen LogP contribution in [0.25, 0.3) is 22.2 Å². The van der Waals surface area contributed by atoms with Crippen molar-refractivity contribution in [1.82, 2.24) is 24.8 Å². The zero-order chi connectivity index (χ0) is 18.8. The van der Waals surface area contributed by atoms with E-state index in [0.717, 1.165) is 55.1 Å². The highest BCUT2D eigenvalue weighted by Gasteiger charge is 2.20. The molecule has 140 valence electrons. The highest BCUT2D eigenvalue weighted by molar-refractivity contribution is 7.09. The normalized spacial score (nSPS) is 15.2. The monoisotopic (exact) mass is 388 g/mol. The molecule has 0 saturated carbocycles. The van der Waals surface area contributed by atoms with Crippen LogP contribution in [-0.4, -0.2) is 51.0 Å². The maximum Gasteiger partial charge on any atom is 0.140 e. The fourth-order valence-corrected chi connectivity index (χ4v) is 4.42. The molecule has 0 N–H and O–H groups in total. The standard InChI is InChI=1S/C21H20N6S/c1-2-4-16(5-3-1)19-14-28-20(25-19)13-26-8-10-27(11-9-26)21-17-6-7-22-12-18(17)23-15-24-21/h1-7,12,14-15H,8-11,13H2. The van der Waals surface area contributed by atoms with E-state index < -0.39 is 0 Å². The largest absolute Gasteiger partial charge is 0.353 e. The van der Waals surface area contributed by atoms with Crippen molar-refractivity contribution in [2.75, 3.05) is 31.1 Å². The van der Waals surface area contributed by atoms with Crippen molar-refractivity contribution < 1.29 is 0 Å². The summed E-state index contributed by atoms with van der Waals surface area (Å²) in [5, 5.41) is 4.39. The van der Waals surface area contributed by atoms with Crippen LogP contribution in [-0.2, 0) is 6.54 Å². The Balaban J connectivity index is 1.25. The molecule has 28 heavy (non-hydrogen) atoms. The maximum atomic E-state index is 4.83. The molecule has 6 nitrogen and oxygen atoms in total. The number of pyridine rings is 1. The van der Waals surface area contributed by atoms with Gasteiger partial charge in [-0.2, -0.15) is 0 Å². The average molecular weight is 389 g/mol. The second-order valence-corrected chi connectivity index (χ2v) is 7.79. The highest BCUT2D eigenvalue weighted by atomic mass is 32.1. The molecule has 4 heterocycles. The van der Waals surface area contributed by atoms with Crippen LogP contribution >= 0.6 is 11.3 Å². The lowest BCUT2D eigenvalue weighted by Gasteiger charge is -2.35. The minimum Gasteiger partial charge on any atom is -0.353 e. The Kier molecular flexibility index (Phi) is 4.68. The first-order valence-corrected chi connectivity index (χ1v) is 10.3. The van der Waals surface area contributed by atoms with Gasteiger partial charge in [-0.3, -0.25) is 9.88 Å². The summed E-state index contributed by atoms with van der Waals surface area (Å²) in [7, 11) is 0. The van der Waals surface area contributed by atoms with E-state index in [4.69, 9.17) is 4.98 Å². The van der Waals surface area contributed by atoms with Gasteiger partial charge in [0.2, 0.25) is 0 Å². The molecule has 1 aromatic carbocycles. The molecule has 5 rings (SSSR count). The van der Waals surface area contributed by atoms with Crippen LogP contribution in [0, 0.1) is 0 Å². The third-order valence-electron chi connectivity index (χ3n) is 5.07. The zero-order valence-electron chi connectivity index (χ0n) is 15.4. The highest BCUT2D eigenvalue weighted by Crippen LogP contribution is 2.25. The Hall–Kier alpha value is -2.90. The Labute approximate surface area is 167 Å². The van der Waals surface area contributed by atoms with Crippen LogP contribution < -0.4 is 4.90 Å². The number of piperazine rings is 1. The molecular weight excluding hydrogens is 368 g/mol. The molecule has 0 bridgehead atoms. The predicted molar refractivity (Wildman–Crippen MR) is 112 cm³/mol. The molecule has 1 fully saturated rings. The number of anilines is 1. The molecule has 4 aromatic rings. The number of fused-ring (bicyclic) bond motifs is 1. The second kappa shape index (κ2) is 7.61. The third kappa shape index (κ3) is 3.46. The SMILES string of the molecule is c1ccc(-c2csc(CN3CCN(c4ncnc5cnccc45)CC3)n2)cc1. The molecule has 0 spiro atoms. The molecule has 0 atom stereocenters. The minimum absolute atomic E-state index is 0.895. The van der Waals surface area contributed by atoms with Gasteiger partial charge in [0.05, 0.1) is 24.0 Å². The molecule has 0 aliphatic carbocycles. The van der Waals surface area contributed by atoms with Gasteiger partial charge < -0.3 is 4.90 Å². The van der Waals surface area contributed by atoms with Crippen molar-refractivity contribution in [3.8, 4) is 11.3 Å². The average Bonchev–Trinajstić information content (AvgIpc) is 3.23. The van der Waals surface area contributed by atoms with Crippen molar-refractivity contribution in [2.24, 2.45) is 0 Å². The molecule has 0 unspecified atom stereocenters. The summed E-state index contributed by atoms with van der Waals surface area (Å²) in [5.74, 6) is 1.01. The molecule has 7 heteroatoms. The number of benzene rings is 1. The van der Waals surface area contributed by atoms with Gasteiger partial charge in [0.25, 0.3) is 0 Å². The van der Waals surface area contributed by atoms with Gasteiger partial charge in [-0.05, 0) is 6.07 Å². The summed E-state index contributed by atoms with van der Waals surface area (Å²) in [4.78, 5) is 22.7. The van der Waals surface area contributed by atoms with E-state index in [1.165, 1.54) is 10.6 Å². The van der Waals surface area contributed by atoms with Crippen molar-refractivity contribution in [3.63, 3.8) is 0 Å². The summed E-state index contributed by atoms with van der Waals surface area (Å²) < 4.78 is 0. The number of rotatable bonds is 4. The number of nitrogens with zero attached hydrogens (tertiary/aromatic N) is 6. The van der Waals surface area contributed by atoms with Gasteiger partial charge in [0.1, 0.15) is 17.2 Å². The van der Waals surface area contributed by atoms with Crippen LogP contribution in [0.3, 0.4) is 0 Å². The van der Waals surface area contributed by atoms with E-state index in [1.54, 1.807) is 30.1 Å². The van der Waals surface area contributed by atoms with Gasteiger partial charge in [-0.15, -0.1) is 11.3 Å². The molecule has 1 saturated heterocycles. The van der Waals surface area contributed by atoms with E-state index in [9.17, 15) is 0 Å². The van der Waals surface area contributed by atoms with Crippen LogP contribution in [0.5, 0.6) is 0 Å². The van der Waals surface area contributed by atoms with Crippen molar-refractivity contribution in [3.05, 3.63) is 65.5 Å². The number of aromatic nitrogens is 4. The Morgan fingerprint density at radius 1 is 0.964 bits per heavy atom. The van der Waals surface area contributed by atoms with Crippen LogP contribution in [0.1, 0.15) is 5.01 Å². The predicted octanol–water partition coefficient (Wildman–Crippen LogP) is 3.47. The van der Waals surface area contributed by atoms with E-state index in [0.29, 0.717) is 0 Å². The quantitative estimate of drug-likeness (QED) is 0.534. The first kappa shape index (κ1) is 17.2. The van der Waals surface area contributed by atoms with E-state index >= 15 is 0 Å². The Morgan fingerprint density at radius 2 is 1.82 bits per heavy atom. The van der Waals surface area contributed by atoms with Gasteiger partial charge in [-0.1, -0.05) is 30.3 Å². The summed E-state index contributed by atoms with van der Waals surface area (Å²) in [6.07, 6.45) is 5.23. The lowest BCUT2D eigenvalue weighted by molar-refractivity contribution is 0.249. The van der Waals surface area contributed by atoms with Crippen molar-refractivity contribution in [1.29, 1.82) is 0 Å². The molecule has 1 aliphatic heterocycles. The summed E-state index contributed by atoms with van der Waals surface area (Å²) in [6, 6.07) is 12.4. The fraction of sp³-hybridized carbons (Fsp3) is 0.238. The number of hydrogen-bond acceptors (Lipinski definition) is 7. The Morgan fingerprint density at radius 3 is 2.68 bits per heavy atom. The first-order valence-electron chi connectivity index (χ1n) is 9.39. The summed E-state index contributed by atoms with van der Waals surface area (Å²) in [5.41, 5.74) is 3.14. The molecule has 1 aliphatic rings. The summed E-state index contributed by atoms with van der Waals surface area (Å²) in [6.45, 7) is 4.80. The number of hydrogen-bond donors (Lipinski definition) is 0. The molecule has 0 amide bonds. The lowest BCUT2D eigenvalue weighted by Crippen LogP contribution is -2.46. The van der Waals surface area contributed by atoms with Crippen LogP contribution in [0.15, 0.2) is 60.5 Å². The zero-order valence-corrected chi connectivity index (χ0v) is 16.2. The van der Waals surface area contributed by atoms with Gasteiger partial charge >= 0.3 is 0 Å². The molecular formula is C21H20N6S. The van der Waals surface area contributed by atoms with E-state index in [-0.39, 0.29) is 0 Å². The maximum absolute atomic E-state index is 4.83. The van der Waals surface area contributed by atoms with Gasteiger partial charge in [0.15, 0.2) is 0 Å². The topological polar surface area (TPSA) is 58.0 Å². The molecule has 3 aromatic heterocycles. The van der Waals surface area contributed by atoms with Crippen LogP contribution in [0.2, 0.25) is 0 Å².